The zero-order valence-corrected chi connectivity index (χ0v) is 9.13. The zero-order valence-electron chi connectivity index (χ0n) is 9.13. The maximum atomic E-state index is 11.5. The first kappa shape index (κ1) is 11.2. The Morgan fingerprint density at radius 1 is 1.50 bits per heavy atom. The number of Topliss-reactive ketones (excluding diaryl/α,β-unsaturated/α-hetero) is 1. The number of rotatable bonds is 1. The van der Waals surface area contributed by atoms with Crippen molar-refractivity contribution in [2.24, 2.45) is 11.3 Å². The predicted molar refractivity (Wildman–Crippen MR) is 52.8 cm³/mol. The van der Waals surface area contributed by atoms with Crippen molar-refractivity contribution in [3.8, 4) is 0 Å². The van der Waals surface area contributed by atoms with Crippen molar-refractivity contribution in [2.45, 2.75) is 39.5 Å². The fourth-order valence-electron chi connectivity index (χ4n) is 2.19. The van der Waals surface area contributed by atoms with Gasteiger partial charge in [0.1, 0.15) is 5.78 Å². The Morgan fingerprint density at radius 3 is 2.71 bits per heavy atom. The standard InChI is InChI=1S/C11H18O3/c1-11(2)7-8(12)5-4-6-9(11)10(13)14-3/h9H,4-7H2,1-3H3/t9-/m1/s1. The number of ether oxygens (including phenoxy) is 1. The van der Waals surface area contributed by atoms with Crippen LogP contribution in [0.15, 0.2) is 0 Å². The number of hydrogen-bond donors (Lipinski definition) is 0. The van der Waals surface area contributed by atoms with Crippen molar-refractivity contribution in [1.29, 1.82) is 0 Å². The molecule has 0 bridgehead atoms. The fourth-order valence-corrected chi connectivity index (χ4v) is 2.19. The molecule has 0 heterocycles. The van der Waals surface area contributed by atoms with E-state index in [9.17, 15) is 9.59 Å². The van der Waals surface area contributed by atoms with E-state index in [-0.39, 0.29) is 23.1 Å². The van der Waals surface area contributed by atoms with Gasteiger partial charge in [-0.1, -0.05) is 13.8 Å². The van der Waals surface area contributed by atoms with E-state index in [0.717, 1.165) is 12.8 Å². The second-order valence-corrected chi connectivity index (χ2v) is 4.67. The summed E-state index contributed by atoms with van der Waals surface area (Å²) < 4.78 is 4.77. The van der Waals surface area contributed by atoms with Gasteiger partial charge in [0.15, 0.2) is 0 Å². The Kier molecular flexibility index (Phi) is 3.29. The van der Waals surface area contributed by atoms with E-state index in [1.165, 1.54) is 7.11 Å². The van der Waals surface area contributed by atoms with Crippen LogP contribution in [0.4, 0.5) is 0 Å². The summed E-state index contributed by atoms with van der Waals surface area (Å²) in [7, 11) is 1.41. The SMILES string of the molecule is COC(=O)[C@H]1CCCC(=O)CC1(C)C. The Balaban J connectivity index is 2.82. The molecule has 3 heteroatoms. The Morgan fingerprint density at radius 2 is 2.14 bits per heavy atom. The lowest BCUT2D eigenvalue weighted by molar-refractivity contribution is -0.150. The monoisotopic (exact) mass is 198 g/mol. The summed E-state index contributed by atoms with van der Waals surface area (Å²) in [5.74, 6) is -0.0370. The van der Waals surface area contributed by atoms with Gasteiger partial charge in [-0.05, 0) is 18.3 Å². The number of esters is 1. The molecule has 0 amide bonds. The predicted octanol–water partition coefficient (Wildman–Crippen LogP) is 1.94. The summed E-state index contributed by atoms with van der Waals surface area (Å²) in [5, 5.41) is 0. The van der Waals surface area contributed by atoms with Gasteiger partial charge >= 0.3 is 5.97 Å². The molecule has 1 rings (SSSR count). The lowest BCUT2D eigenvalue weighted by Gasteiger charge is -2.29. The Bertz CT molecular complexity index is 243. The highest BCUT2D eigenvalue weighted by atomic mass is 16.5. The molecule has 1 aliphatic carbocycles. The third kappa shape index (κ3) is 2.34. The van der Waals surface area contributed by atoms with Crippen molar-refractivity contribution in [3.63, 3.8) is 0 Å². The van der Waals surface area contributed by atoms with Crippen LogP contribution < -0.4 is 0 Å². The minimum Gasteiger partial charge on any atom is -0.469 e. The fraction of sp³-hybridized carbons (Fsp3) is 0.818. The summed E-state index contributed by atoms with van der Waals surface area (Å²) in [5.41, 5.74) is -0.249. The molecule has 0 aromatic carbocycles. The molecular formula is C11H18O3. The van der Waals surface area contributed by atoms with E-state index in [1.54, 1.807) is 0 Å². The first-order valence-electron chi connectivity index (χ1n) is 5.07. The quantitative estimate of drug-likeness (QED) is 0.477. The maximum Gasteiger partial charge on any atom is 0.309 e. The van der Waals surface area contributed by atoms with Gasteiger partial charge in [-0.15, -0.1) is 0 Å². The molecule has 80 valence electrons. The van der Waals surface area contributed by atoms with E-state index >= 15 is 0 Å². The van der Waals surface area contributed by atoms with Crippen molar-refractivity contribution < 1.29 is 14.3 Å². The van der Waals surface area contributed by atoms with Crippen LogP contribution in [0.2, 0.25) is 0 Å². The number of ketones is 1. The molecule has 0 radical (unpaired) electrons. The molecular weight excluding hydrogens is 180 g/mol. The van der Waals surface area contributed by atoms with E-state index in [4.69, 9.17) is 4.74 Å². The Hall–Kier alpha value is -0.860. The summed E-state index contributed by atoms with van der Waals surface area (Å²) >= 11 is 0. The van der Waals surface area contributed by atoms with Crippen LogP contribution in [0, 0.1) is 11.3 Å². The van der Waals surface area contributed by atoms with Gasteiger partial charge in [-0.3, -0.25) is 9.59 Å². The maximum absolute atomic E-state index is 11.5. The van der Waals surface area contributed by atoms with Crippen LogP contribution in [-0.4, -0.2) is 18.9 Å². The second-order valence-electron chi connectivity index (χ2n) is 4.67. The van der Waals surface area contributed by atoms with E-state index in [2.05, 4.69) is 0 Å². The van der Waals surface area contributed by atoms with Crippen molar-refractivity contribution in [3.05, 3.63) is 0 Å². The molecule has 1 atom stereocenters. The largest absolute Gasteiger partial charge is 0.469 e. The summed E-state index contributed by atoms with van der Waals surface area (Å²) in [6.45, 7) is 3.94. The van der Waals surface area contributed by atoms with E-state index in [0.29, 0.717) is 12.8 Å². The van der Waals surface area contributed by atoms with Crippen LogP contribution in [0.3, 0.4) is 0 Å². The van der Waals surface area contributed by atoms with Crippen LogP contribution in [0.5, 0.6) is 0 Å². The Labute approximate surface area is 84.8 Å². The number of hydrogen-bond acceptors (Lipinski definition) is 3. The second kappa shape index (κ2) is 4.11. The lowest BCUT2D eigenvalue weighted by Crippen LogP contribution is -2.32. The lowest BCUT2D eigenvalue weighted by atomic mass is 9.75. The van der Waals surface area contributed by atoms with Crippen molar-refractivity contribution in [1.82, 2.24) is 0 Å². The number of carbonyl (C=O) groups excluding carboxylic acids is 2. The smallest absolute Gasteiger partial charge is 0.309 e. The van der Waals surface area contributed by atoms with Crippen LogP contribution in [-0.2, 0) is 14.3 Å². The van der Waals surface area contributed by atoms with Gasteiger partial charge in [-0.25, -0.2) is 0 Å². The molecule has 0 spiro atoms. The third-order valence-electron chi connectivity index (χ3n) is 3.03. The topological polar surface area (TPSA) is 43.4 Å². The van der Waals surface area contributed by atoms with Crippen LogP contribution in [0.25, 0.3) is 0 Å². The van der Waals surface area contributed by atoms with Gasteiger partial charge in [0, 0.05) is 12.8 Å². The summed E-state index contributed by atoms with van der Waals surface area (Å²) in [6, 6.07) is 0. The van der Waals surface area contributed by atoms with E-state index in [1.807, 2.05) is 13.8 Å². The highest BCUT2D eigenvalue weighted by molar-refractivity contribution is 5.81. The number of carbonyl (C=O) groups is 2. The highest BCUT2D eigenvalue weighted by Gasteiger charge is 2.39. The highest BCUT2D eigenvalue weighted by Crippen LogP contribution is 2.38. The van der Waals surface area contributed by atoms with Gasteiger partial charge in [0.05, 0.1) is 13.0 Å². The summed E-state index contributed by atoms with van der Waals surface area (Å²) in [6.07, 6.45) is 2.68. The van der Waals surface area contributed by atoms with Gasteiger partial charge in [0.2, 0.25) is 0 Å². The van der Waals surface area contributed by atoms with Crippen molar-refractivity contribution >= 4 is 11.8 Å². The van der Waals surface area contributed by atoms with Crippen molar-refractivity contribution in [2.75, 3.05) is 7.11 Å². The molecule has 3 nitrogen and oxygen atoms in total. The molecule has 0 aromatic heterocycles. The normalized spacial score (nSPS) is 26.8. The first-order valence-corrected chi connectivity index (χ1v) is 5.07. The molecule has 0 aliphatic heterocycles. The van der Waals surface area contributed by atoms with Gasteiger partial charge < -0.3 is 4.74 Å². The molecule has 0 aromatic rings. The molecule has 14 heavy (non-hydrogen) atoms. The van der Waals surface area contributed by atoms with Crippen LogP contribution in [0.1, 0.15) is 39.5 Å². The molecule has 0 saturated heterocycles. The molecule has 1 aliphatic rings. The first-order chi connectivity index (χ1) is 6.47. The molecule has 1 fully saturated rings. The van der Waals surface area contributed by atoms with Crippen LogP contribution >= 0.6 is 0 Å². The van der Waals surface area contributed by atoms with Gasteiger partial charge in [-0.2, -0.15) is 0 Å². The average Bonchev–Trinajstić information content (AvgIpc) is 2.21. The molecule has 0 N–H and O–H groups in total. The van der Waals surface area contributed by atoms with Gasteiger partial charge in [0.25, 0.3) is 0 Å². The molecule has 1 saturated carbocycles. The molecule has 0 unspecified atom stereocenters. The minimum absolute atomic E-state index is 0.126. The van der Waals surface area contributed by atoms with E-state index < -0.39 is 0 Å². The number of methoxy groups -OCH3 is 1. The zero-order chi connectivity index (χ0) is 10.8. The third-order valence-corrected chi connectivity index (χ3v) is 3.03. The summed E-state index contributed by atoms with van der Waals surface area (Å²) in [4.78, 5) is 22.9. The average molecular weight is 198 g/mol. The minimum atomic E-state index is -0.249.